The van der Waals surface area contributed by atoms with E-state index in [4.69, 9.17) is 28.4 Å². The lowest BCUT2D eigenvalue weighted by molar-refractivity contribution is -0.382. The van der Waals surface area contributed by atoms with Gasteiger partial charge in [-0.2, -0.15) is 0 Å². The van der Waals surface area contributed by atoms with Gasteiger partial charge in [0.15, 0.2) is 18.9 Å². The Bertz CT molecular complexity index is 747. The molecule has 3 fully saturated rings. The molecule has 0 aromatic rings. The van der Waals surface area contributed by atoms with Gasteiger partial charge in [0.25, 0.3) is 0 Å². The quantitative estimate of drug-likeness (QED) is 0.138. The van der Waals surface area contributed by atoms with Gasteiger partial charge in [-0.15, -0.1) is 0 Å². The zero-order valence-electron chi connectivity index (χ0n) is 20.5. The lowest BCUT2D eigenvalue weighted by atomic mass is 9.95. The maximum atomic E-state index is 11.7. The van der Waals surface area contributed by atoms with Gasteiger partial charge < -0.3 is 74.6 Å². The minimum atomic E-state index is -1.79. The largest absolute Gasteiger partial charge is 0.394 e. The summed E-state index contributed by atoms with van der Waals surface area (Å²) in [7, 11) is 1.27. The van der Waals surface area contributed by atoms with Crippen LogP contribution in [0.15, 0.2) is 0 Å². The maximum Gasteiger partial charge on any atom is 0.217 e. The highest BCUT2D eigenvalue weighted by atomic mass is 16.8. The van der Waals surface area contributed by atoms with Crippen molar-refractivity contribution in [2.75, 3.05) is 20.3 Å². The van der Waals surface area contributed by atoms with Crippen molar-refractivity contribution < 1.29 is 74.1 Å². The fraction of sp³-hybridized carbons (Fsp3) is 0.952. The van der Waals surface area contributed by atoms with Crippen molar-refractivity contribution in [2.24, 2.45) is 0 Å². The molecule has 0 aromatic carbocycles. The predicted octanol–water partition coefficient (Wildman–Crippen LogP) is -5.75. The summed E-state index contributed by atoms with van der Waals surface area (Å²) in [6.07, 6.45) is -21.0. The molecule has 3 aliphatic heterocycles. The predicted molar refractivity (Wildman–Crippen MR) is 116 cm³/mol. The van der Waals surface area contributed by atoms with Gasteiger partial charge in [-0.1, -0.05) is 0 Å². The summed E-state index contributed by atoms with van der Waals surface area (Å²) in [6, 6.07) is -1.15. The van der Waals surface area contributed by atoms with E-state index in [2.05, 4.69) is 5.32 Å². The van der Waals surface area contributed by atoms with Crippen molar-refractivity contribution in [2.45, 2.75) is 106 Å². The van der Waals surface area contributed by atoms with Crippen LogP contribution in [0.25, 0.3) is 0 Å². The molecule has 0 spiro atoms. The molecule has 0 radical (unpaired) electrons. The van der Waals surface area contributed by atoms with E-state index < -0.39 is 111 Å². The van der Waals surface area contributed by atoms with Gasteiger partial charge >= 0.3 is 0 Å². The van der Waals surface area contributed by atoms with E-state index in [1.165, 1.54) is 21.0 Å². The van der Waals surface area contributed by atoms with Crippen LogP contribution in [0.3, 0.4) is 0 Å². The number of hydrogen-bond donors (Lipinski definition) is 9. The number of nitrogens with one attached hydrogen (secondary N) is 1. The molecule has 3 rings (SSSR count). The van der Waals surface area contributed by atoms with Crippen LogP contribution in [0.2, 0.25) is 0 Å². The number of ether oxygens (including phenoxy) is 6. The molecule has 16 nitrogen and oxygen atoms in total. The van der Waals surface area contributed by atoms with E-state index >= 15 is 0 Å². The summed E-state index contributed by atoms with van der Waals surface area (Å²) < 4.78 is 33.2. The van der Waals surface area contributed by atoms with E-state index in [1.54, 1.807) is 0 Å². The monoisotopic (exact) mass is 543 g/mol. The van der Waals surface area contributed by atoms with Gasteiger partial charge in [0, 0.05) is 14.0 Å². The molecule has 16 heteroatoms. The number of methoxy groups -OCH3 is 1. The third-order valence-electron chi connectivity index (χ3n) is 6.67. The molecule has 0 aliphatic carbocycles. The fourth-order valence-electron chi connectivity index (χ4n) is 4.57. The first-order chi connectivity index (χ1) is 17.4. The smallest absolute Gasteiger partial charge is 0.217 e. The molecule has 3 heterocycles. The minimum absolute atomic E-state index is 0.525. The third-order valence-corrected chi connectivity index (χ3v) is 6.67. The van der Waals surface area contributed by atoms with Gasteiger partial charge in [0.05, 0.1) is 19.3 Å². The van der Waals surface area contributed by atoms with Crippen molar-refractivity contribution in [3.8, 4) is 0 Å². The molecule has 3 saturated heterocycles. The Kier molecular flexibility index (Phi) is 10.6. The second-order valence-electron chi connectivity index (χ2n) is 9.27. The molecule has 0 bridgehead atoms. The van der Waals surface area contributed by atoms with Crippen molar-refractivity contribution >= 4 is 5.91 Å². The van der Waals surface area contributed by atoms with Crippen molar-refractivity contribution in [1.29, 1.82) is 0 Å². The number of rotatable bonds is 8. The Morgan fingerprint density at radius 3 is 1.89 bits per heavy atom. The van der Waals surface area contributed by atoms with Crippen LogP contribution in [0, 0.1) is 0 Å². The molecule has 15 atom stereocenters. The summed E-state index contributed by atoms with van der Waals surface area (Å²) >= 11 is 0. The molecule has 0 saturated carbocycles. The lowest BCUT2D eigenvalue weighted by Crippen LogP contribution is -2.68. The standard InChI is InChI=1S/C21H37NO15/c1-6-11(26)14(29)16(31)20(33-6)37-18-15(30)12(27)8(4-23)34-21(18)36-17-9(5-24)35-19(32-3)10(13(17)28)22-7(2)25/h6,8-21,23-24,26-31H,4-5H2,1-3H3,(H,22,25)/t6-,8+,9+,10+,11+,12-,13+,14+,15-,16-,17+,18+,19+,20-,21-/m0/s1. The summed E-state index contributed by atoms with van der Waals surface area (Å²) in [6.45, 7) is 1.19. The number of aliphatic hydroxyl groups is 8. The van der Waals surface area contributed by atoms with E-state index in [0.717, 1.165) is 0 Å². The topological polar surface area (TPSA) is 246 Å². The average molecular weight is 544 g/mol. The molecule has 0 unspecified atom stereocenters. The molecule has 37 heavy (non-hydrogen) atoms. The highest BCUT2D eigenvalue weighted by molar-refractivity contribution is 5.73. The molecule has 9 N–H and O–H groups in total. The highest BCUT2D eigenvalue weighted by Crippen LogP contribution is 2.33. The van der Waals surface area contributed by atoms with Crippen LogP contribution < -0.4 is 5.32 Å². The molecular formula is C21H37NO15. The number of aliphatic hydroxyl groups excluding tert-OH is 8. The average Bonchev–Trinajstić information content (AvgIpc) is 2.87. The number of carbonyl (C=O) groups is 1. The first-order valence-corrected chi connectivity index (χ1v) is 11.8. The molecule has 3 aliphatic rings. The number of hydrogen-bond acceptors (Lipinski definition) is 15. The Balaban J connectivity index is 1.87. The summed E-state index contributed by atoms with van der Waals surface area (Å²) in [5.41, 5.74) is 0. The number of amides is 1. The second-order valence-corrected chi connectivity index (χ2v) is 9.27. The van der Waals surface area contributed by atoms with Crippen LogP contribution in [-0.2, 0) is 33.2 Å². The first kappa shape index (κ1) is 30.5. The molecule has 216 valence electrons. The summed E-state index contributed by atoms with van der Waals surface area (Å²) in [5.74, 6) is -0.525. The van der Waals surface area contributed by atoms with E-state index in [0.29, 0.717) is 0 Å². The normalized spacial score (nSPS) is 49.0. The van der Waals surface area contributed by atoms with Gasteiger partial charge in [-0.25, -0.2) is 0 Å². The Morgan fingerprint density at radius 2 is 1.32 bits per heavy atom. The van der Waals surface area contributed by atoms with Gasteiger partial charge in [0.1, 0.15) is 67.1 Å². The highest BCUT2D eigenvalue weighted by Gasteiger charge is 2.53. The summed E-state index contributed by atoms with van der Waals surface area (Å²) in [5, 5.41) is 84.5. The van der Waals surface area contributed by atoms with E-state index in [-0.39, 0.29) is 0 Å². The Hall–Kier alpha value is -1.09. The minimum Gasteiger partial charge on any atom is -0.394 e. The van der Waals surface area contributed by atoms with Crippen LogP contribution >= 0.6 is 0 Å². The first-order valence-electron chi connectivity index (χ1n) is 11.8. The lowest BCUT2D eigenvalue weighted by Gasteiger charge is -2.49. The van der Waals surface area contributed by atoms with E-state index in [1.807, 2.05) is 0 Å². The van der Waals surface area contributed by atoms with Crippen LogP contribution in [-0.4, -0.2) is 159 Å². The van der Waals surface area contributed by atoms with Gasteiger partial charge in [0.2, 0.25) is 5.91 Å². The fourth-order valence-corrected chi connectivity index (χ4v) is 4.57. The second kappa shape index (κ2) is 12.8. The van der Waals surface area contributed by atoms with Crippen molar-refractivity contribution in [1.82, 2.24) is 5.32 Å². The molecule has 0 aromatic heterocycles. The maximum absolute atomic E-state index is 11.7. The zero-order valence-corrected chi connectivity index (χ0v) is 20.5. The third kappa shape index (κ3) is 6.39. The van der Waals surface area contributed by atoms with Crippen LogP contribution in [0.4, 0.5) is 0 Å². The Labute approximate surface area is 212 Å². The van der Waals surface area contributed by atoms with Gasteiger partial charge in [-0.05, 0) is 6.92 Å². The SMILES string of the molecule is CO[C@@H]1O[C@H](CO)[C@@H](O[C@@H]2O[C@H](CO)[C@H](O)[C@H](O)[C@H]2O[C@@H]2O[C@@H](C)[C@@H](O)[C@@H](O)[C@@H]2O)[C@H](O)[C@H]1NC(C)=O. The van der Waals surface area contributed by atoms with Crippen molar-refractivity contribution in [3.05, 3.63) is 0 Å². The molecular weight excluding hydrogens is 506 g/mol. The van der Waals surface area contributed by atoms with Gasteiger partial charge in [-0.3, -0.25) is 4.79 Å². The van der Waals surface area contributed by atoms with Crippen LogP contribution in [0.1, 0.15) is 13.8 Å². The Morgan fingerprint density at radius 1 is 0.730 bits per heavy atom. The van der Waals surface area contributed by atoms with Crippen molar-refractivity contribution in [3.63, 3.8) is 0 Å². The number of carbonyl (C=O) groups excluding carboxylic acids is 1. The van der Waals surface area contributed by atoms with Crippen LogP contribution in [0.5, 0.6) is 0 Å². The zero-order chi connectivity index (χ0) is 27.6. The molecule has 1 amide bonds. The summed E-state index contributed by atoms with van der Waals surface area (Å²) in [4.78, 5) is 11.7. The van der Waals surface area contributed by atoms with E-state index in [9.17, 15) is 45.6 Å².